The number of aliphatic hydroxyl groups is 1. The number of carbonyl (C=O) groups is 1. The van der Waals surface area contributed by atoms with Crippen molar-refractivity contribution < 1.29 is 14.6 Å². The zero-order valence-corrected chi connectivity index (χ0v) is 9.00. The summed E-state index contributed by atoms with van der Waals surface area (Å²) in [5.41, 5.74) is 2.75. The molecule has 1 aromatic carbocycles. The fourth-order valence-electron chi connectivity index (χ4n) is 1.08. The molecule has 0 aliphatic rings. The summed E-state index contributed by atoms with van der Waals surface area (Å²) in [7, 11) is 2.39. The summed E-state index contributed by atoms with van der Waals surface area (Å²) in [6.07, 6.45) is 0. The van der Waals surface area contributed by atoms with Gasteiger partial charge in [-0.3, -0.25) is 0 Å². The second-order valence-electron chi connectivity index (χ2n) is 2.74. The summed E-state index contributed by atoms with van der Waals surface area (Å²) in [5.74, 6) is -0.267. The van der Waals surface area contributed by atoms with Gasteiger partial charge < -0.3 is 9.84 Å². The van der Waals surface area contributed by atoms with E-state index in [0.717, 1.165) is 18.2 Å². The number of hydrogen-bond acceptors (Lipinski definition) is 3. The minimum Gasteiger partial charge on any atom is -0.465 e. The molecule has 0 bridgehead atoms. The average molecular weight is 196 g/mol. The third kappa shape index (κ3) is 2.85. The van der Waals surface area contributed by atoms with Gasteiger partial charge in [-0.25, -0.2) is 4.79 Å². The largest absolute Gasteiger partial charge is 0.465 e. The van der Waals surface area contributed by atoms with Crippen LogP contribution in [0.4, 0.5) is 0 Å². The fraction of sp³-hybridized carbons (Fsp3) is 0.364. The molecule has 0 unspecified atom stereocenters. The summed E-state index contributed by atoms with van der Waals surface area (Å²) in [6.45, 7) is 3.89. The first-order chi connectivity index (χ1) is 6.66. The van der Waals surface area contributed by atoms with Crippen LogP contribution < -0.4 is 0 Å². The van der Waals surface area contributed by atoms with Gasteiger partial charge in [-0.15, -0.1) is 0 Å². The Morgan fingerprint density at radius 3 is 2.36 bits per heavy atom. The molecule has 0 spiro atoms. The maximum Gasteiger partial charge on any atom is 0.338 e. The number of benzene rings is 1. The average Bonchev–Trinajstić information content (AvgIpc) is 2.24. The van der Waals surface area contributed by atoms with Crippen molar-refractivity contribution in [1.82, 2.24) is 0 Å². The molecule has 0 amide bonds. The molecule has 78 valence electrons. The molecule has 3 nitrogen and oxygen atoms in total. The van der Waals surface area contributed by atoms with E-state index < -0.39 is 0 Å². The maximum atomic E-state index is 11.2. The van der Waals surface area contributed by atoms with Crippen molar-refractivity contribution in [3.05, 3.63) is 34.9 Å². The second kappa shape index (κ2) is 6.16. The van der Waals surface area contributed by atoms with Crippen LogP contribution >= 0.6 is 0 Å². The van der Waals surface area contributed by atoms with Gasteiger partial charge in [0.1, 0.15) is 0 Å². The van der Waals surface area contributed by atoms with Crippen molar-refractivity contribution in [1.29, 1.82) is 0 Å². The Kier molecular flexibility index (Phi) is 5.56. The molecule has 0 saturated heterocycles. The first-order valence-electron chi connectivity index (χ1n) is 4.26. The molecule has 0 saturated carbocycles. The van der Waals surface area contributed by atoms with Gasteiger partial charge in [-0.1, -0.05) is 12.1 Å². The van der Waals surface area contributed by atoms with Crippen LogP contribution in [0.25, 0.3) is 0 Å². The summed E-state index contributed by atoms with van der Waals surface area (Å²) in [6, 6.07) is 5.60. The van der Waals surface area contributed by atoms with Crippen LogP contribution in [0.5, 0.6) is 0 Å². The van der Waals surface area contributed by atoms with Crippen LogP contribution in [0.15, 0.2) is 18.2 Å². The molecule has 0 heterocycles. The van der Waals surface area contributed by atoms with E-state index in [4.69, 9.17) is 5.11 Å². The Hall–Kier alpha value is -1.35. The molecule has 0 radical (unpaired) electrons. The quantitative estimate of drug-likeness (QED) is 0.695. The lowest BCUT2D eigenvalue weighted by Crippen LogP contribution is -2.04. The monoisotopic (exact) mass is 196 g/mol. The Morgan fingerprint density at radius 1 is 1.29 bits per heavy atom. The van der Waals surface area contributed by atoms with E-state index in [1.165, 1.54) is 7.11 Å². The van der Waals surface area contributed by atoms with Crippen molar-refractivity contribution in [3.8, 4) is 0 Å². The molecule has 1 N–H and O–H groups in total. The van der Waals surface area contributed by atoms with Crippen molar-refractivity contribution in [3.63, 3.8) is 0 Å². The SMILES string of the molecule is CO.COC(=O)c1cccc(C)c1C. The first-order valence-corrected chi connectivity index (χ1v) is 4.26. The van der Waals surface area contributed by atoms with Gasteiger partial charge in [-0.2, -0.15) is 0 Å². The number of hydrogen-bond donors (Lipinski definition) is 1. The van der Waals surface area contributed by atoms with Gasteiger partial charge in [0.05, 0.1) is 12.7 Å². The van der Waals surface area contributed by atoms with Gasteiger partial charge in [0.15, 0.2) is 0 Å². The zero-order chi connectivity index (χ0) is 11.1. The molecule has 1 aromatic rings. The predicted molar refractivity (Wildman–Crippen MR) is 55.4 cm³/mol. The minimum absolute atomic E-state index is 0.267. The van der Waals surface area contributed by atoms with Crippen molar-refractivity contribution in [2.75, 3.05) is 14.2 Å². The number of carbonyl (C=O) groups excluding carboxylic acids is 1. The molecule has 3 heteroatoms. The van der Waals surface area contributed by atoms with Crippen LogP contribution in [0.3, 0.4) is 0 Å². The van der Waals surface area contributed by atoms with Crippen molar-refractivity contribution >= 4 is 5.97 Å². The van der Waals surface area contributed by atoms with Gasteiger partial charge in [-0.05, 0) is 31.0 Å². The third-order valence-electron chi connectivity index (χ3n) is 2.01. The topological polar surface area (TPSA) is 46.5 Å². The van der Waals surface area contributed by atoms with Crippen molar-refractivity contribution in [2.24, 2.45) is 0 Å². The van der Waals surface area contributed by atoms with E-state index in [-0.39, 0.29) is 5.97 Å². The van der Waals surface area contributed by atoms with Crippen LogP contribution in [-0.4, -0.2) is 25.3 Å². The summed E-state index contributed by atoms with van der Waals surface area (Å²) >= 11 is 0. The Morgan fingerprint density at radius 2 is 1.86 bits per heavy atom. The summed E-state index contributed by atoms with van der Waals surface area (Å²) in [5, 5.41) is 7.00. The highest BCUT2D eigenvalue weighted by Gasteiger charge is 2.08. The van der Waals surface area contributed by atoms with Crippen LogP contribution in [-0.2, 0) is 4.74 Å². The van der Waals surface area contributed by atoms with E-state index in [1.54, 1.807) is 6.07 Å². The molecule has 0 aliphatic carbocycles. The molecular weight excluding hydrogens is 180 g/mol. The fourth-order valence-corrected chi connectivity index (χ4v) is 1.08. The molecule has 0 fully saturated rings. The van der Waals surface area contributed by atoms with Crippen LogP contribution in [0.1, 0.15) is 21.5 Å². The molecular formula is C11H16O3. The highest BCUT2D eigenvalue weighted by Crippen LogP contribution is 2.13. The number of aliphatic hydroxyl groups excluding tert-OH is 1. The highest BCUT2D eigenvalue weighted by atomic mass is 16.5. The number of aryl methyl sites for hydroxylation is 1. The lowest BCUT2D eigenvalue weighted by atomic mass is 10.0. The minimum atomic E-state index is -0.267. The predicted octanol–water partition coefficient (Wildman–Crippen LogP) is 1.70. The molecule has 14 heavy (non-hydrogen) atoms. The van der Waals surface area contributed by atoms with E-state index in [2.05, 4.69) is 4.74 Å². The van der Waals surface area contributed by atoms with E-state index >= 15 is 0 Å². The Bertz CT molecular complexity index is 305. The smallest absolute Gasteiger partial charge is 0.338 e. The normalized spacial score (nSPS) is 8.64. The Labute approximate surface area is 84.3 Å². The van der Waals surface area contributed by atoms with E-state index in [0.29, 0.717) is 5.56 Å². The second-order valence-corrected chi connectivity index (χ2v) is 2.74. The molecule has 0 atom stereocenters. The number of esters is 1. The van der Waals surface area contributed by atoms with Crippen LogP contribution in [0, 0.1) is 13.8 Å². The van der Waals surface area contributed by atoms with Gasteiger partial charge >= 0.3 is 5.97 Å². The van der Waals surface area contributed by atoms with Crippen molar-refractivity contribution in [2.45, 2.75) is 13.8 Å². The lowest BCUT2D eigenvalue weighted by Gasteiger charge is -2.05. The lowest BCUT2D eigenvalue weighted by molar-refractivity contribution is 0.0600. The maximum absolute atomic E-state index is 11.2. The van der Waals surface area contributed by atoms with E-state index in [1.807, 2.05) is 26.0 Å². The van der Waals surface area contributed by atoms with Gasteiger partial charge in [0.2, 0.25) is 0 Å². The molecule has 1 rings (SSSR count). The van der Waals surface area contributed by atoms with Gasteiger partial charge in [0.25, 0.3) is 0 Å². The summed E-state index contributed by atoms with van der Waals surface area (Å²) in [4.78, 5) is 11.2. The third-order valence-corrected chi connectivity index (χ3v) is 2.01. The number of ether oxygens (including phenoxy) is 1. The number of methoxy groups -OCH3 is 1. The van der Waals surface area contributed by atoms with E-state index in [9.17, 15) is 4.79 Å². The molecule has 0 aromatic heterocycles. The standard InChI is InChI=1S/C10H12O2.CH4O/c1-7-5-4-6-9(8(7)2)10(11)12-3;1-2/h4-6H,1-3H3;2H,1H3. The van der Waals surface area contributed by atoms with Crippen LogP contribution in [0.2, 0.25) is 0 Å². The Balaban J connectivity index is 0.000000791. The number of rotatable bonds is 1. The van der Waals surface area contributed by atoms with Gasteiger partial charge in [0, 0.05) is 7.11 Å². The highest BCUT2D eigenvalue weighted by molar-refractivity contribution is 5.91. The first kappa shape index (κ1) is 12.7. The molecule has 0 aliphatic heterocycles. The summed E-state index contributed by atoms with van der Waals surface area (Å²) < 4.78 is 4.63. The zero-order valence-electron chi connectivity index (χ0n) is 9.00.